The molecule has 0 aromatic carbocycles. The highest BCUT2D eigenvalue weighted by molar-refractivity contribution is 5.74. The van der Waals surface area contributed by atoms with Crippen molar-refractivity contribution in [3.05, 3.63) is 0 Å². The highest BCUT2D eigenvalue weighted by Crippen LogP contribution is 2.31. The maximum atomic E-state index is 12.2. The van der Waals surface area contributed by atoms with Gasteiger partial charge in [0.05, 0.1) is 25.9 Å². The molecule has 1 unspecified atom stereocenters. The van der Waals surface area contributed by atoms with Crippen LogP contribution in [0.3, 0.4) is 0 Å². The summed E-state index contributed by atoms with van der Waals surface area (Å²) < 4.78 is 34.1. The fourth-order valence-electron chi connectivity index (χ4n) is 5.36. The van der Waals surface area contributed by atoms with Gasteiger partial charge in [-0.05, 0) is 6.92 Å². The summed E-state index contributed by atoms with van der Waals surface area (Å²) in [5.41, 5.74) is 5.69. The molecule has 0 aliphatic carbocycles. The third kappa shape index (κ3) is 9.29. The second-order valence-electron chi connectivity index (χ2n) is 11.5. The fraction of sp³-hybridized carbons (Fsp3) is 0.885. The SMILES string of the molecule is CC(=O)N[C@H]1[C@H](OC[C@H]2O[C@H](OC(C)[C@H](N)C(=O)O)[C@H](NC(C)=O)[C@@H](O[C@@H]3O[C@H](CO)[C@H](O)[C@H](O)[C@H]3O)[C@H]2O)O[C@H](CO)[C@@H](O)[C@@H]1O. The van der Waals surface area contributed by atoms with Crippen molar-refractivity contribution in [2.75, 3.05) is 19.8 Å². The van der Waals surface area contributed by atoms with Crippen LogP contribution in [0.4, 0.5) is 0 Å². The number of carbonyl (C=O) groups excluding carboxylic acids is 2. The number of aliphatic hydroxyl groups is 8. The van der Waals surface area contributed by atoms with Crippen molar-refractivity contribution in [1.82, 2.24) is 10.6 Å². The average Bonchev–Trinajstić information content (AvgIpc) is 3.01. The van der Waals surface area contributed by atoms with Gasteiger partial charge in [0, 0.05) is 13.8 Å². The Labute approximate surface area is 268 Å². The lowest BCUT2D eigenvalue weighted by molar-refractivity contribution is -0.351. The molecule has 17 atom stereocenters. The maximum absolute atomic E-state index is 12.2. The van der Waals surface area contributed by atoms with E-state index in [0.29, 0.717) is 0 Å². The molecule has 21 nitrogen and oxygen atoms in total. The number of rotatable bonds is 13. The summed E-state index contributed by atoms with van der Waals surface area (Å²) in [7, 11) is 0. The van der Waals surface area contributed by atoms with Crippen molar-refractivity contribution in [3.8, 4) is 0 Å². The van der Waals surface area contributed by atoms with E-state index < -0.39 is 142 Å². The number of aliphatic hydroxyl groups excluding tert-OH is 8. The van der Waals surface area contributed by atoms with Gasteiger partial charge < -0.3 is 90.7 Å². The summed E-state index contributed by atoms with van der Waals surface area (Å²) in [6.07, 6.45) is -22.9. The van der Waals surface area contributed by atoms with Crippen molar-refractivity contribution < 1.29 is 88.8 Å². The Kier molecular flexibility index (Phi) is 14.2. The number of nitrogens with one attached hydrogen (secondary N) is 2. The molecule has 21 heteroatoms. The summed E-state index contributed by atoms with van der Waals surface area (Å²) in [5.74, 6) is -2.79. The first-order chi connectivity index (χ1) is 22.0. The number of carboxylic acids is 1. The zero-order valence-corrected chi connectivity index (χ0v) is 25.7. The molecular weight excluding hydrogens is 642 g/mol. The summed E-state index contributed by atoms with van der Waals surface area (Å²) in [5, 5.41) is 96.7. The molecule has 13 N–H and O–H groups in total. The molecule has 272 valence electrons. The Bertz CT molecular complexity index is 1060. The number of carbonyl (C=O) groups is 3. The molecule has 3 rings (SSSR count). The number of hydrogen-bond acceptors (Lipinski definition) is 18. The van der Waals surface area contributed by atoms with Gasteiger partial charge in [0.25, 0.3) is 0 Å². The maximum Gasteiger partial charge on any atom is 0.323 e. The van der Waals surface area contributed by atoms with E-state index in [1.54, 1.807) is 0 Å². The first-order valence-electron chi connectivity index (χ1n) is 14.7. The zero-order chi connectivity index (χ0) is 35.3. The Morgan fingerprint density at radius 3 is 1.77 bits per heavy atom. The number of aliphatic carboxylic acids is 1. The lowest BCUT2D eigenvalue weighted by Crippen LogP contribution is -2.69. The number of amides is 2. The third-order valence-corrected chi connectivity index (χ3v) is 8.00. The van der Waals surface area contributed by atoms with E-state index >= 15 is 0 Å². The Morgan fingerprint density at radius 1 is 0.723 bits per heavy atom. The molecule has 3 aliphatic rings. The first-order valence-corrected chi connectivity index (χ1v) is 14.7. The highest BCUT2D eigenvalue weighted by Gasteiger charge is 2.53. The van der Waals surface area contributed by atoms with Gasteiger partial charge >= 0.3 is 5.97 Å². The monoisotopic (exact) mass is 687 g/mol. The van der Waals surface area contributed by atoms with Crippen molar-refractivity contribution in [2.24, 2.45) is 5.73 Å². The molecule has 0 saturated carbocycles. The Morgan fingerprint density at radius 2 is 1.23 bits per heavy atom. The van der Waals surface area contributed by atoms with Gasteiger partial charge in [0.2, 0.25) is 11.8 Å². The van der Waals surface area contributed by atoms with Gasteiger partial charge in [-0.3, -0.25) is 14.4 Å². The van der Waals surface area contributed by atoms with Gasteiger partial charge in [-0.15, -0.1) is 0 Å². The molecule has 3 saturated heterocycles. The van der Waals surface area contributed by atoms with Crippen LogP contribution in [0.2, 0.25) is 0 Å². The molecule has 0 bridgehead atoms. The lowest BCUT2D eigenvalue weighted by atomic mass is 9.94. The van der Waals surface area contributed by atoms with Gasteiger partial charge in [-0.1, -0.05) is 0 Å². The number of hydrogen-bond donors (Lipinski definition) is 12. The van der Waals surface area contributed by atoms with Crippen LogP contribution in [0.25, 0.3) is 0 Å². The minimum absolute atomic E-state index is 0.641. The molecule has 3 heterocycles. The quantitative estimate of drug-likeness (QED) is 0.0855. The molecule has 2 amide bonds. The van der Waals surface area contributed by atoms with Crippen LogP contribution in [0.15, 0.2) is 0 Å². The van der Waals surface area contributed by atoms with E-state index in [2.05, 4.69) is 10.6 Å². The fourth-order valence-corrected chi connectivity index (χ4v) is 5.36. The van der Waals surface area contributed by atoms with Gasteiger partial charge in [-0.25, -0.2) is 0 Å². The molecule has 0 spiro atoms. The van der Waals surface area contributed by atoms with E-state index in [1.807, 2.05) is 0 Å². The summed E-state index contributed by atoms with van der Waals surface area (Å²) in [6.45, 7) is 1.27. The standard InChI is InChI=1S/C26H45N3O18/c1-7(13(27)23(40)41)43-25-15(29-9(3)33)22(47-26-21(39)20(38)17(35)11(5-31)45-26)18(36)12(46-25)6-42-24-14(28-8(2)32)19(37)16(34)10(4-30)44-24/h7,10-22,24-26,30-31,34-39H,4-6,27H2,1-3H3,(H,28,32)(H,29,33)(H,40,41)/t7?,10-,11-,12-,13+,14-,15-,16-,17+,18+,19-,20+,21-,22-,24-,25+,26+/m1/s1. The Hall–Kier alpha value is -2.19. The van der Waals surface area contributed by atoms with E-state index in [-0.39, 0.29) is 0 Å². The molecule has 3 aliphatic heterocycles. The van der Waals surface area contributed by atoms with Gasteiger partial charge in [0.1, 0.15) is 79.2 Å². The largest absolute Gasteiger partial charge is 0.480 e. The smallest absolute Gasteiger partial charge is 0.323 e. The minimum Gasteiger partial charge on any atom is -0.480 e. The van der Waals surface area contributed by atoms with E-state index in [9.17, 15) is 60.3 Å². The number of nitrogens with two attached hydrogens (primary N) is 1. The predicted octanol–water partition coefficient (Wildman–Crippen LogP) is -7.46. The first kappa shape index (κ1) is 39.3. The van der Waals surface area contributed by atoms with Crippen LogP contribution in [-0.2, 0) is 42.8 Å². The van der Waals surface area contributed by atoms with Crippen LogP contribution in [0.1, 0.15) is 20.8 Å². The van der Waals surface area contributed by atoms with Crippen LogP contribution < -0.4 is 16.4 Å². The molecule has 47 heavy (non-hydrogen) atoms. The highest BCUT2D eigenvalue weighted by atomic mass is 16.7. The molecule has 0 aromatic heterocycles. The number of ether oxygens (including phenoxy) is 6. The molecule has 0 aromatic rings. The summed E-state index contributed by atoms with van der Waals surface area (Å²) >= 11 is 0. The van der Waals surface area contributed by atoms with Crippen molar-refractivity contribution in [1.29, 1.82) is 0 Å². The summed E-state index contributed by atoms with van der Waals surface area (Å²) in [4.78, 5) is 35.6. The van der Waals surface area contributed by atoms with Gasteiger partial charge in [-0.2, -0.15) is 0 Å². The second-order valence-corrected chi connectivity index (χ2v) is 11.5. The van der Waals surface area contributed by atoms with Crippen LogP contribution >= 0.6 is 0 Å². The topological polar surface area (TPSA) is 339 Å². The average molecular weight is 688 g/mol. The third-order valence-electron chi connectivity index (χ3n) is 8.00. The Balaban J connectivity index is 1.94. The van der Waals surface area contributed by atoms with Crippen LogP contribution in [-0.4, -0.2) is 188 Å². The number of carboxylic acid groups (broad SMARTS) is 1. The van der Waals surface area contributed by atoms with E-state index in [1.165, 1.54) is 6.92 Å². The van der Waals surface area contributed by atoms with Crippen LogP contribution in [0, 0.1) is 0 Å². The second kappa shape index (κ2) is 17.0. The van der Waals surface area contributed by atoms with Crippen molar-refractivity contribution in [2.45, 2.75) is 125 Å². The van der Waals surface area contributed by atoms with E-state index in [0.717, 1.165) is 13.8 Å². The molecular formula is C26H45N3O18. The van der Waals surface area contributed by atoms with E-state index in [4.69, 9.17) is 34.2 Å². The normalized spacial score (nSPS) is 42.3. The van der Waals surface area contributed by atoms with Crippen molar-refractivity contribution in [3.63, 3.8) is 0 Å². The summed E-state index contributed by atoms with van der Waals surface area (Å²) in [6, 6.07) is -4.45. The minimum atomic E-state index is -1.94. The lowest BCUT2D eigenvalue weighted by Gasteiger charge is -2.48. The molecule has 0 radical (unpaired) electrons. The zero-order valence-electron chi connectivity index (χ0n) is 25.7. The predicted molar refractivity (Wildman–Crippen MR) is 148 cm³/mol. The molecule has 3 fully saturated rings. The van der Waals surface area contributed by atoms with Crippen molar-refractivity contribution >= 4 is 17.8 Å². The van der Waals surface area contributed by atoms with Gasteiger partial charge in [0.15, 0.2) is 18.9 Å². The van der Waals surface area contributed by atoms with Crippen LogP contribution in [0.5, 0.6) is 0 Å².